The van der Waals surface area contributed by atoms with E-state index in [-0.39, 0.29) is 0 Å². The van der Waals surface area contributed by atoms with Crippen LogP contribution in [-0.2, 0) is 5.58 Å². The average molecular weight is 594 g/mol. The predicted molar refractivity (Wildman–Crippen MR) is 9.01 cm³/mol. The second kappa shape index (κ2) is 8.60. The summed E-state index contributed by atoms with van der Waals surface area (Å²) in [5.74, 6) is 0. The van der Waals surface area contributed by atoms with E-state index in [1.807, 2.05) is 0 Å². The summed E-state index contributed by atoms with van der Waals surface area (Å²) in [4.78, 5) is 0. The van der Waals surface area contributed by atoms with Crippen molar-refractivity contribution in [2.75, 3.05) is 0 Å². The van der Waals surface area contributed by atoms with Crippen molar-refractivity contribution < 1.29 is 89.4 Å². The van der Waals surface area contributed by atoms with Crippen molar-refractivity contribution in [1.29, 1.82) is 0 Å². The Morgan fingerprint density at radius 1 is 0.615 bits per heavy atom. The van der Waals surface area contributed by atoms with Crippen molar-refractivity contribution >= 4 is 17.3 Å². The topological polar surface area (TPSA) is 166 Å². The third-order valence-corrected chi connectivity index (χ3v) is 15.2. The van der Waals surface area contributed by atoms with Crippen LogP contribution in [0.2, 0.25) is 0 Å². The Labute approximate surface area is 105 Å². The van der Waals surface area contributed by atoms with Crippen molar-refractivity contribution in [3.8, 4) is 0 Å². The minimum atomic E-state index is -4.17. The molecule has 0 bridgehead atoms. The van der Waals surface area contributed by atoms with Crippen molar-refractivity contribution in [2.45, 2.75) is 0 Å². The summed E-state index contributed by atoms with van der Waals surface area (Å²) in [6.07, 6.45) is 0. The van der Waals surface area contributed by atoms with E-state index in [0.717, 1.165) is 0 Å². The fourth-order valence-electron chi connectivity index (χ4n) is 0.219. The maximum absolute atomic E-state index is 9.99. The summed E-state index contributed by atoms with van der Waals surface area (Å²) in [5.41, 5.74) is 0. The summed E-state index contributed by atoms with van der Waals surface area (Å²) in [5, 5.41) is 0. The van der Waals surface area contributed by atoms with E-state index >= 15 is 0 Å². The molecule has 0 atom stereocenters. The van der Waals surface area contributed by atoms with E-state index in [4.69, 9.17) is 0 Å². The SMILES string of the molecule is [O-][I+2]([O-])[O][Ga]([O][I+2]([O-])[O-])[O][I+2]([O-])[O-]. The molecule has 0 saturated heterocycles. The normalized spacial score (nSPS) is 11.8. The Balaban J connectivity index is 3.87. The third-order valence-electron chi connectivity index (χ3n) is 0.436. The van der Waals surface area contributed by atoms with Gasteiger partial charge in [-0.1, -0.05) is 0 Å². The fourth-order valence-corrected chi connectivity index (χ4v) is 15.9. The van der Waals surface area contributed by atoms with Crippen LogP contribution in [0.5, 0.6) is 0 Å². The zero-order valence-corrected chi connectivity index (χ0v) is 14.3. The molecule has 0 rings (SSSR count). The molecule has 0 amide bonds. The number of hydrogen-bond donors (Lipinski definition) is 0. The van der Waals surface area contributed by atoms with E-state index < -0.39 is 80.5 Å². The van der Waals surface area contributed by atoms with Gasteiger partial charge in [-0.2, -0.15) is 0 Å². The van der Waals surface area contributed by atoms with Gasteiger partial charge in [-0.3, -0.25) is 0 Å². The van der Waals surface area contributed by atoms with Crippen LogP contribution in [0.15, 0.2) is 0 Å². The predicted octanol–water partition coefficient (Wildman–Crippen LogP) is -16.7. The molecule has 0 aliphatic carbocycles. The van der Waals surface area contributed by atoms with E-state index in [9.17, 15) is 20.6 Å². The molecule has 0 aliphatic heterocycles. The summed E-state index contributed by atoms with van der Waals surface area (Å²) in [7, 11) is 0. The Morgan fingerprint density at radius 2 is 0.846 bits per heavy atom. The van der Waals surface area contributed by atoms with E-state index in [1.54, 1.807) is 0 Å². The second-order valence-electron chi connectivity index (χ2n) is 1.12. The quantitative estimate of drug-likeness (QED) is 0.214. The standard InChI is InChI=1S/Ga.3IO3/c;3*2-1(3)4/q+3;3*-1. The van der Waals surface area contributed by atoms with Crippen LogP contribution in [0.25, 0.3) is 0 Å². The first kappa shape index (κ1) is 15.5. The number of halogens is 3. The molecule has 0 aromatic rings. The minimum absolute atomic E-state index is 3.94. The van der Waals surface area contributed by atoms with Gasteiger partial charge < -0.3 is 0 Å². The van der Waals surface area contributed by atoms with E-state index in [1.165, 1.54) is 0 Å². The summed E-state index contributed by atoms with van der Waals surface area (Å²) >= 11 is -16.6. The van der Waals surface area contributed by atoms with Crippen molar-refractivity contribution in [3.05, 3.63) is 0 Å². The third kappa shape index (κ3) is 10.7. The molecule has 0 saturated carbocycles. The van der Waals surface area contributed by atoms with Gasteiger partial charge in [0.05, 0.1) is 0 Å². The van der Waals surface area contributed by atoms with Gasteiger partial charge in [0.15, 0.2) is 0 Å². The summed E-state index contributed by atoms with van der Waals surface area (Å²) in [6, 6.07) is 0. The average Bonchev–Trinajstić information content (AvgIpc) is 1.80. The molecule has 0 radical (unpaired) electrons. The van der Waals surface area contributed by atoms with Crippen LogP contribution in [0.4, 0.5) is 0 Å². The van der Waals surface area contributed by atoms with Gasteiger partial charge in [-0.15, -0.1) is 0 Å². The van der Waals surface area contributed by atoms with E-state index in [0.29, 0.717) is 0 Å². The molecular weight excluding hydrogens is 594 g/mol. The van der Waals surface area contributed by atoms with Crippen molar-refractivity contribution in [2.24, 2.45) is 0 Å². The van der Waals surface area contributed by atoms with Gasteiger partial charge in [-0.05, 0) is 0 Å². The number of rotatable bonds is 6. The first-order valence-corrected chi connectivity index (χ1v) is 13.0. The van der Waals surface area contributed by atoms with Crippen LogP contribution in [0, 0.1) is 0 Å². The van der Waals surface area contributed by atoms with Crippen LogP contribution in [0.1, 0.15) is 0 Å². The summed E-state index contributed by atoms with van der Waals surface area (Å²) in [6.45, 7) is 0. The molecule has 0 spiro atoms. The van der Waals surface area contributed by atoms with Crippen LogP contribution in [-0.4, -0.2) is 17.3 Å². The Morgan fingerprint density at radius 3 is 1.00 bits per heavy atom. The van der Waals surface area contributed by atoms with Crippen LogP contribution >= 0.6 is 0 Å². The zero-order chi connectivity index (χ0) is 10.4. The Kier molecular flexibility index (Phi) is 10.2. The molecule has 78 valence electrons. The van der Waals surface area contributed by atoms with Gasteiger partial charge in [0.25, 0.3) is 0 Å². The molecule has 0 N–H and O–H groups in total. The van der Waals surface area contributed by atoms with Crippen LogP contribution in [0.3, 0.4) is 0 Å². The molecule has 0 heterocycles. The first-order valence-electron chi connectivity index (χ1n) is 2.10. The Bertz CT molecular complexity index is 102. The van der Waals surface area contributed by atoms with Gasteiger partial charge in [-0.25, -0.2) is 0 Å². The molecule has 13 heavy (non-hydrogen) atoms. The van der Waals surface area contributed by atoms with Gasteiger partial charge in [0.1, 0.15) is 0 Å². The molecule has 13 heteroatoms. The molecule has 0 aliphatic rings. The number of hydrogen-bond acceptors (Lipinski definition) is 9. The van der Waals surface area contributed by atoms with E-state index in [2.05, 4.69) is 5.58 Å². The van der Waals surface area contributed by atoms with Crippen molar-refractivity contribution in [3.63, 3.8) is 0 Å². The first-order chi connectivity index (χ1) is 5.91. The fraction of sp³-hybridized carbons (Fsp3) is 0. The van der Waals surface area contributed by atoms with Gasteiger partial charge in [0.2, 0.25) is 0 Å². The van der Waals surface area contributed by atoms with Crippen LogP contribution < -0.4 is 83.8 Å². The molecule has 0 unspecified atom stereocenters. The molecule has 0 aromatic carbocycles. The zero-order valence-electron chi connectivity index (χ0n) is 5.39. The Hall–Kier alpha value is 2.47. The maximum atomic E-state index is 9.99. The molecule has 0 fully saturated rings. The second-order valence-corrected chi connectivity index (χ2v) is 14.6. The monoisotopic (exact) mass is 594 g/mol. The van der Waals surface area contributed by atoms with Crippen molar-refractivity contribution in [1.82, 2.24) is 0 Å². The van der Waals surface area contributed by atoms with Gasteiger partial charge in [0, 0.05) is 0 Å². The van der Waals surface area contributed by atoms with Gasteiger partial charge >= 0.3 is 107 Å². The summed E-state index contributed by atoms with van der Waals surface area (Å²) < 4.78 is 71.8. The molecule has 0 aromatic heterocycles. The molecule has 9 nitrogen and oxygen atoms in total. The molecular formula is GaI3O9.